The normalized spacial score (nSPS) is 15.3. The molecule has 112 valence electrons. The number of para-hydroxylation sites is 1. The van der Waals surface area contributed by atoms with Gasteiger partial charge in [-0.25, -0.2) is 9.38 Å². The van der Waals surface area contributed by atoms with Crippen LogP contribution in [0.25, 0.3) is 5.70 Å². The number of benzene rings is 2. The molecule has 0 spiro atoms. The van der Waals surface area contributed by atoms with E-state index >= 15 is 0 Å². The predicted molar refractivity (Wildman–Crippen MR) is 90.9 cm³/mol. The fraction of sp³-hybridized carbons (Fsp3) is 0.211. The van der Waals surface area contributed by atoms with Gasteiger partial charge in [0.15, 0.2) is 0 Å². The minimum atomic E-state index is -0.282. The lowest BCUT2D eigenvalue weighted by Crippen LogP contribution is -2.36. The first-order valence-corrected chi connectivity index (χ1v) is 7.55. The number of fused-ring (bicyclic) bond motifs is 1. The molecule has 2 nitrogen and oxygen atoms in total. The number of amidine groups is 1. The molecule has 0 unspecified atom stereocenters. The van der Waals surface area contributed by atoms with Gasteiger partial charge in [-0.1, -0.05) is 44.7 Å². The smallest absolute Gasteiger partial charge is 0.134 e. The van der Waals surface area contributed by atoms with Crippen molar-refractivity contribution < 1.29 is 4.39 Å². The first-order chi connectivity index (χ1) is 10.6. The van der Waals surface area contributed by atoms with E-state index in [0.29, 0.717) is 16.9 Å². The molecule has 3 rings (SSSR count). The summed E-state index contributed by atoms with van der Waals surface area (Å²) in [6, 6.07) is 14.9. The summed E-state index contributed by atoms with van der Waals surface area (Å²) in [6.45, 7) is 8.40. The maximum absolute atomic E-state index is 14.3. The van der Waals surface area contributed by atoms with Crippen molar-refractivity contribution in [3.8, 4) is 0 Å². The van der Waals surface area contributed by atoms with Crippen molar-refractivity contribution in [2.45, 2.75) is 20.3 Å². The van der Waals surface area contributed by atoms with Gasteiger partial charge in [-0.2, -0.15) is 0 Å². The van der Waals surface area contributed by atoms with E-state index in [1.165, 1.54) is 6.07 Å². The first kappa shape index (κ1) is 14.5. The molecule has 0 saturated carbocycles. The Morgan fingerprint density at radius 2 is 1.86 bits per heavy atom. The quantitative estimate of drug-likeness (QED) is 0.740. The van der Waals surface area contributed by atoms with Crippen LogP contribution in [0.15, 0.2) is 60.1 Å². The van der Waals surface area contributed by atoms with Crippen molar-refractivity contribution in [3.05, 3.63) is 66.5 Å². The van der Waals surface area contributed by atoms with Crippen molar-refractivity contribution in [1.29, 1.82) is 0 Å². The largest absolute Gasteiger partial charge is 0.298 e. The van der Waals surface area contributed by atoms with Crippen molar-refractivity contribution in [1.82, 2.24) is 0 Å². The first-order valence-electron chi connectivity index (χ1n) is 7.55. The lowest BCUT2D eigenvalue weighted by molar-refractivity contribution is 0.623. The zero-order valence-electron chi connectivity index (χ0n) is 12.9. The number of hydrogen-bond donors (Lipinski definition) is 0. The molecule has 0 aromatic heterocycles. The van der Waals surface area contributed by atoms with Crippen molar-refractivity contribution >= 4 is 22.9 Å². The van der Waals surface area contributed by atoms with Crippen LogP contribution >= 0.6 is 0 Å². The van der Waals surface area contributed by atoms with Gasteiger partial charge in [0.1, 0.15) is 11.7 Å². The molecule has 0 bridgehead atoms. The molecule has 0 amide bonds. The third-order valence-corrected chi connectivity index (χ3v) is 4.08. The Kier molecular flexibility index (Phi) is 3.80. The molecule has 22 heavy (non-hydrogen) atoms. The van der Waals surface area contributed by atoms with Crippen LogP contribution in [0.5, 0.6) is 0 Å². The molecule has 1 heterocycles. The van der Waals surface area contributed by atoms with Crippen LogP contribution in [-0.4, -0.2) is 5.84 Å². The minimum absolute atomic E-state index is 0.258. The highest BCUT2D eigenvalue weighted by molar-refractivity contribution is 6.13. The van der Waals surface area contributed by atoms with Gasteiger partial charge in [-0.15, -0.1) is 0 Å². The van der Waals surface area contributed by atoms with E-state index < -0.39 is 0 Å². The summed E-state index contributed by atoms with van der Waals surface area (Å²) in [5, 5.41) is 0. The van der Waals surface area contributed by atoms with Gasteiger partial charge >= 0.3 is 0 Å². The van der Waals surface area contributed by atoms with Gasteiger partial charge in [-0.05, 0) is 30.7 Å². The number of halogens is 1. The molecule has 0 radical (unpaired) electrons. The Morgan fingerprint density at radius 1 is 1.14 bits per heavy atom. The monoisotopic (exact) mass is 294 g/mol. The summed E-state index contributed by atoms with van der Waals surface area (Å²) in [4.78, 5) is 6.70. The van der Waals surface area contributed by atoms with Crippen LogP contribution in [0, 0.1) is 11.7 Å². The summed E-state index contributed by atoms with van der Waals surface area (Å²) >= 11 is 0. The fourth-order valence-corrected chi connectivity index (χ4v) is 2.69. The number of hydrogen-bond acceptors (Lipinski definition) is 2. The average Bonchev–Trinajstić information content (AvgIpc) is 2.54. The molecule has 0 N–H and O–H groups in total. The third-order valence-electron chi connectivity index (χ3n) is 4.08. The summed E-state index contributed by atoms with van der Waals surface area (Å²) in [6.07, 6.45) is 0.958. The van der Waals surface area contributed by atoms with E-state index in [0.717, 1.165) is 17.9 Å². The Labute approximate surface area is 130 Å². The molecule has 0 fully saturated rings. The number of aliphatic imine (C=N–C) groups is 1. The van der Waals surface area contributed by atoms with E-state index in [1.807, 2.05) is 41.3 Å². The molecule has 1 aliphatic rings. The maximum Gasteiger partial charge on any atom is 0.134 e. The predicted octanol–water partition coefficient (Wildman–Crippen LogP) is 5.39. The number of rotatable bonds is 3. The summed E-state index contributed by atoms with van der Waals surface area (Å²) < 4.78 is 14.3. The van der Waals surface area contributed by atoms with E-state index in [4.69, 9.17) is 4.99 Å². The Morgan fingerprint density at radius 3 is 2.55 bits per heavy atom. The van der Waals surface area contributed by atoms with E-state index in [1.54, 1.807) is 6.07 Å². The van der Waals surface area contributed by atoms with Crippen LogP contribution in [0.3, 0.4) is 0 Å². The SMILES string of the molecule is C=C1c2c(F)cccc2N=C([C@@H](C)CC)N1c1ccccc1. The fourth-order valence-electron chi connectivity index (χ4n) is 2.69. The van der Waals surface area contributed by atoms with E-state index in [2.05, 4.69) is 20.4 Å². The Bertz CT molecular complexity index is 734. The standard InChI is InChI=1S/C19H19FN2/c1-4-13(2)19-21-17-12-8-11-16(20)18(17)14(3)22(19)15-9-6-5-7-10-15/h5-13H,3-4H2,1-2H3/t13-/m0/s1. The Hall–Kier alpha value is -2.42. The maximum atomic E-state index is 14.3. The van der Waals surface area contributed by atoms with Gasteiger partial charge in [0, 0.05) is 11.6 Å². The molecule has 0 saturated heterocycles. The summed E-state index contributed by atoms with van der Waals surface area (Å²) in [7, 11) is 0. The highest BCUT2D eigenvalue weighted by atomic mass is 19.1. The van der Waals surface area contributed by atoms with Crippen LogP contribution in [-0.2, 0) is 0 Å². The minimum Gasteiger partial charge on any atom is -0.298 e. The molecule has 1 atom stereocenters. The highest BCUT2D eigenvalue weighted by Crippen LogP contribution is 2.39. The lowest BCUT2D eigenvalue weighted by atomic mass is 9.99. The zero-order chi connectivity index (χ0) is 15.7. The van der Waals surface area contributed by atoms with E-state index in [-0.39, 0.29) is 11.7 Å². The third kappa shape index (κ3) is 2.33. The Balaban J connectivity index is 2.21. The average molecular weight is 294 g/mol. The van der Waals surface area contributed by atoms with Gasteiger partial charge in [-0.3, -0.25) is 4.90 Å². The van der Waals surface area contributed by atoms with Crippen molar-refractivity contribution in [2.75, 3.05) is 4.90 Å². The number of anilines is 1. The van der Waals surface area contributed by atoms with Gasteiger partial charge in [0.05, 0.1) is 16.9 Å². The van der Waals surface area contributed by atoms with Crippen LogP contribution in [0.4, 0.5) is 15.8 Å². The second kappa shape index (κ2) is 5.76. The van der Waals surface area contributed by atoms with Crippen molar-refractivity contribution in [2.24, 2.45) is 10.9 Å². The molecule has 0 aliphatic carbocycles. The zero-order valence-corrected chi connectivity index (χ0v) is 12.9. The molecular weight excluding hydrogens is 275 g/mol. The van der Waals surface area contributed by atoms with Crippen molar-refractivity contribution in [3.63, 3.8) is 0 Å². The second-order valence-corrected chi connectivity index (χ2v) is 5.53. The summed E-state index contributed by atoms with van der Waals surface area (Å²) in [5.41, 5.74) is 2.75. The van der Waals surface area contributed by atoms with Crippen LogP contribution in [0.1, 0.15) is 25.8 Å². The number of nitrogens with zero attached hydrogens (tertiary/aromatic N) is 2. The van der Waals surface area contributed by atoms with Crippen LogP contribution < -0.4 is 4.90 Å². The molecule has 3 heteroatoms. The highest BCUT2D eigenvalue weighted by Gasteiger charge is 2.29. The van der Waals surface area contributed by atoms with Gasteiger partial charge in [0.25, 0.3) is 0 Å². The topological polar surface area (TPSA) is 15.6 Å². The molecule has 2 aromatic carbocycles. The summed E-state index contributed by atoms with van der Waals surface area (Å²) in [5.74, 6) is 0.889. The molecule has 2 aromatic rings. The molecule has 1 aliphatic heterocycles. The second-order valence-electron chi connectivity index (χ2n) is 5.53. The van der Waals surface area contributed by atoms with Crippen LogP contribution in [0.2, 0.25) is 0 Å². The van der Waals surface area contributed by atoms with Gasteiger partial charge < -0.3 is 0 Å². The van der Waals surface area contributed by atoms with Gasteiger partial charge in [0.2, 0.25) is 0 Å². The molecular formula is C19H19FN2. The van der Waals surface area contributed by atoms with E-state index in [9.17, 15) is 4.39 Å². The lowest BCUT2D eigenvalue weighted by Gasteiger charge is -2.35.